The molecule has 8 heteroatoms. The summed E-state index contributed by atoms with van der Waals surface area (Å²) in [6.07, 6.45) is 1.14. The molecule has 128 valence electrons. The number of rotatable bonds is 4. The van der Waals surface area contributed by atoms with Gasteiger partial charge in [0.15, 0.2) is 11.3 Å². The first-order valence-corrected chi connectivity index (χ1v) is 8.41. The topological polar surface area (TPSA) is 120 Å². The van der Waals surface area contributed by atoms with E-state index in [0.717, 1.165) is 12.1 Å². The maximum absolute atomic E-state index is 11.4. The van der Waals surface area contributed by atoms with Gasteiger partial charge in [0.2, 0.25) is 0 Å². The molecule has 0 radical (unpaired) electrons. The maximum atomic E-state index is 11.4. The Morgan fingerprint density at radius 3 is 2.58 bits per heavy atom. The second-order valence-corrected chi connectivity index (χ2v) is 5.93. The molecule has 1 aromatic heterocycles. The average molecular weight is 348 g/mol. The number of aromatic nitrogens is 1. The third kappa shape index (κ3) is 4.04. The Balaban J connectivity index is 0.000000175. The number of carbonyl (C=O) groups excluding carboxylic acids is 2. The van der Waals surface area contributed by atoms with E-state index in [2.05, 4.69) is 32.7 Å². The van der Waals surface area contributed by atoms with Crippen molar-refractivity contribution in [2.75, 3.05) is 13.1 Å². The number of hydrogen-bond acceptors (Lipinski definition) is 8. The predicted octanol–water partition coefficient (Wildman–Crippen LogP) is 0.863. The summed E-state index contributed by atoms with van der Waals surface area (Å²) in [6, 6.07) is 10.2. The molecule has 2 aromatic rings. The van der Waals surface area contributed by atoms with Crippen molar-refractivity contribution in [3.63, 3.8) is 0 Å². The summed E-state index contributed by atoms with van der Waals surface area (Å²) in [7, 11) is 0. The number of carbonyl (C=O) groups is 2. The Kier molecular flexibility index (Phi) is 6.56. The zero-order valence-corrected chi connectivity index (χ0v) is 13.9. The van der Waals surface area contributed by atoms with Crippen molar-refractivity contribution in [3.05, 3.63) is 41.2 Å². The molecule has 2 heterocycles. The lowest BCUT2D eigenvalue weighted by Crippen LogP contribution is -2.57. The van der Waals surface area contributed by atoms with E-state index in [-0.39, 0.29) is 12.3 Å². The van der Waals surface area contributed by atoms with Crippen LogP contribution in [-0.4, -0.2) is 35.4 Å². The van der Waals surface area contributed by atoms with Gasteiger partial charge in [0.05, 0.1) is 17.7 Å². The minimum atomic E-state index is -1.29. The third-order valence-electron chi connectivity index (χ3n) is 3.77. The molecule has 1 aliphatic heterocycles. The Morgan fingerprint density at radius 1 is 1.33 bits per heavy atom. The summed E-state index contributed by atoms with van der Waals surface area (Å²) in [5.74, 6) is 3.62. The van der Waals surface area contributed by atoms with Crippen LogP contribution in [0.25, 0.3) is 11.3 Å². The number of benzene rings is 1. The quantitative estimate of drug-likeness (QED) is 0.553. The van der Waals surface area contributed by atoms with E-state index in [4.69, 9.17) is 11.6 Å². The van der Waals surface area contributed by atoms with Crippen molar-refractivity contribution in [2.24, 2.45) is 11.6 Å². The van der Waals surface area contributed by atoms with Gasteiger partial charge in [0, 0.05) is 10.9 Å². The lowest BCUT2D eigenvalue weighted by molar-refractivity contribution is -0.155. The molecule has 1 aliphatic rings. The zero-order valence-electron chi connectivity index (χ0n) is 13.1. The van der Waals surface area contributed by atoms with Crippen LogP contribution in [0.2, 0.25) is 0 Å². The molecule has 0 amide bonds. The van der Waals surface area contributed by atoms with Crippen LogP contribution in [0, 0.1) is 0 Å². The maximum Gasteiger partial charge on any atom is 0.352 e. The molecule has 24 heavy (non-hydrogen) atoms. The van der Waals surface area contributed by atoms with Gasteiger partial charge in [-0.25, -0.2) is 9.78 Å². The smallest absolute Gasteiger partial charge is 0.352 e. The average Bonchev–Trinajstić information content (AvgIpc) is 3.34. The molecule has 0 spiro atoms. The number of nitrogens with zero attached hydrogens (tertiary/aromatic N) is 1. The number of hydrogen-bond donors (Lipinski definition) is 3. The fourth-order valence-electron chi connectivity index (χ4n) is 2.51. The summed E-state index contributed by atoms with van der Waals surface area (Å²) in [5.41, 5.74) is 8.01. The van der Waals surface area contributed by atoms with Crippen LogP contribution in [0.5, 0.6) is 0 Å². The molecule has 0 aliphatic carbocycles. The van der Waals surface area contributed by atoms with Crippen molar-refractivity contribution in [1.82, 2.24) is 10.3 Å². The van der Waals surface area contributed by atoms with E-state index < -0.39 is 11.5 Å². The van der Waals surface area contributed by atoms with Gasteiger partial charge < -0.3 is 10.6 Å². The van der Waals surface area contributed by atoms with E-state index in [9.17, 15) is 9.59 Å². The normalized spacial score (nSPS) is 19.2. The molecule has 1 fully saturated rings. The van der Waals surface area contributed by atoms with Gasteiger partial charge >= 0.3 is 5.97 Å². The van der Waals surface area contributed by atoms with Crippen LogP contribution in [0.1, 0.15) is 12.8 Å². The number of nitrogens with two attached hydrogens (primary N) is 2. The number of thiazole rings is 1. The van der Waals surface area contributed by atoms with Gasteiger partial charge in [-0.3, -0.25) is 10.1 Å². The fourth-order valence-corrected chi connectivity index (χ4v) is 3.07. The molecule has 1 aromatic carbocycles. The molecule has 0 unspecified atom stereocenters. The van der Waals surface area contributed by atoms with E-state index in [0.29, 0.717) is 13.0 Å². The van der Waals surface area contributed by atoms with Crippen molar-refractivity contribution in [2.45, 2.75) is 18.4 Å². The minimum absolute atomic E-state index is 0.192. The molecular formula is C16H20N4O3S. The van der Waals surface area contributed by atoms with Crippen LogP contribution in [0.3, 0.4) is 0 Å². The van der Waals surface area contributed by atoms with Crippen molar-refractivity contribution >= 4 is 23.1 Å². The van der Waals surface area contributed by atoms with E-state index in [1.54, 1.807) is 11.3 Å². The fraction of sp³-hybridized carbons (Fsp3) is 0.312. The van der Waals surface area contributed by atoms with Gasteiger partial charge in [-0.2, -0.15) is 5.90 Å². The van der Waals surface area contributed by atoms with Crippen molar-refractivity contribution < 1.29 is 14.4 Å². The van der Waals surface area contributed by atoms with Crippen LogP contribution < -0.4 is 16.9 Å². The Labute approximate surface area is 144 Å². The molecule has 5 N–H and O–H groups in total. The van der Waals surface area contributed by atoms with Crippen LogP contribution in [0.15, 0.2) is 41.2 Å². The van der Waals surface area contributed by atoms with Gasteiger partial charge in [0.25, 0.3) is 0 Å². The SMILES string of the molecule is NCC(=O)[C@@]1(C(=O)ON)CCCN1.c1ccc(-c2cscn2)cc1. The molecule has 1 saturated heterocycles. The van der Waals surface area contributed by atoms with Gasteiger partial charge in [-0.1, -0.05) is 30.3 Å². The zero-order chi connectivity index (χ0) is 17.4. The number of ketones is 1. The molecule has 1 atom stereocenters. The minimum Gasteiger partial charge on any atom is -0.372 e. The highest BCUT2D eigenvalue weighted by Gasteiger charge is 2.48. The number of nitrogens with one attached hydrogen (secondary N) is 1. The van der Waals surface area contributed by atoms with Crippen LogP contribution in [-0.2, 0) is 14.4 Å². The summed E-state index contributed by atoms with van der Waals surface area (Å²) < 4.78 is 0. The van der Waals surface area contributed by atoms with E-state index >= 15 is 0 Å². The van der Waals surface area contributed by atoms with Gasteiger partial charge in [-0.05, 0) is 19.4 Å². The largest absolute Gasteiger partial charge is 0.372 e. The van der Waals surface area contributed by atoms with Gasteiger partial charge in [0.1, 0.15) is 0 Å². The van der Waals surface area contributed by atoms with Crippen molar-refractivity contribution in [3.8, 4) is 11.3 Å². The van der Waals surface area contributed by atoms with E-state index in [1.807, 2.05) is 23.7 Å². The first kappa shape index (κ1) is 18.2. The molecule has 7 nitrogen and oxygen atoms in total. The summed E-state index contributed by atoms with van der Waals surface area (Å²) in [6.45, 7) is 0.406. The molecule has 0 bridgehead atoms. The lowest BCUT2D eigenvalue weighted by Gasteiger charge is -2.23. The first-order valence-electron chi connectivity index (χ1n) is 7.47. The van der Waals surface area contributed by atoms with Crippen molar-refractivity contribution in [1.29, 1.82) is 0 Å². The summed E-state index contributed by atoms with van der Waals surface area (Å²) in [5, 5.41) is 4.84. The lowest BCUT2D eigenvalue weighted by atomic mass is 9.92. The predicted molar refractivity (Wildman–Crippen MR) is 91.9 cm³/mol. The second kappa shape index (κ2) is 8.65. The highest BCUT2D eigenvalue weighted by atomic mass is 32.1. The monoisotopic (exact) mass is 348 g/mol. The Hall–Kier alpha value is -2.13. The van der Waals surface area contributed by atoms with Crippen LogP contribution in [0.4, 0.5) is 0 Å². The highest BCUT2D eigenvalue weighted by Crippen LogP contribution is 2.21. The summed E-state index contributed by atoms with van der Waals surface area (Å²) in [4.78, 5) is 30.9. The molecule has 0 saturated carbocycles. The first-order chi connectivity index (χ1) is 11.6. The third-order valence-corrected chi connectivity index (χ3v) is 4.36. The second-order valence-electron chi connectivity index (χ2n) is 5.21. The molecular weight excluding hydrogens is 328 g/mol. The standard InChI is InChI=1S/C9H7NS.C7H13N3O3/c1-2-4-8(5-3-1)9-6-11-7-10-9;8-4-5(11)7(6(12)13-9)2-1-3-10-7/h1-7H;10H,1-4,8-9H2/t;7-/m.1/s1. The highest BCUT2D eigenvalue weighted by molar-refractivity contribution is 7.07. The van der Waals surface area contributed by atoms with E-state index in [1.165, 1.54) is 5.56 Å². The van der Waals surface area contributed by atoms with Gasteiger partial charge in [-0.15, -0.1) is 11.3 Å². The molecule has 3 rings (SSSR count). The van der Waals surface area contributed by atoms with Crippen LogP contribution >= 0.6 is 11.3 Å². The Bertz CT molecular complexity index is 637. The summed E-state index contributed by atoms with van der Waals surface area (Å²) >= 11 is 1.62. The number of Topliss-reactive ketones (excluding diaryl/α,β-unsaturated/α-hetero) is 1. The Morgan fingerprint density at radius 2 is 2.08 bits per heavy atom.